The van der Waals surface area contributed by atoms with Crippen LogP contribution in [0.25, 0.3) is 0 Å². The van der Waals surface area contributed by atoms with Crippen molar-refractivity contribution in [3.05, 3.63) is 36.5 Å². The zero-order valence-electron chi connectivity index (χ0n) is 37.3. The fourth-order valence-corrected chi connectivity index (χ4v) is 7.20. The van der Waals surface area contributed by atoms with Gasteiger partial charge in [-0.15, -0.1) is 0 Å². The Hall–Kier alpha value is -1.92. The Morgan fingerprint density at radius 1 is 0.536 bits per heavy atom. The van der Waals surface area contributed by atoms with Crippen LogP contribution in [-0.4, -0.2) is 46.9 Å². The zero-order valence-corrected chi connectivity index (χ0v) is 37.3. The van der Waals surface area contributed by atoms with E-state index in [0.717, 1.165) is 57.8 Å². The van der Waals surface area contributed by atoms with Crippen molar-refractivity contribution in [3.8, 4) is 0 Å². The summed E-state index contributed by atoms with van der Waals surface area (Å²) in [6.45, 7) is 6.40. The van der Waals surface area contributed by atoms with E-state index in [-0.39, 0.29) is 24.9 Å². The first-order valence-electron chi connectivity index (χ1n) is 24.2. The molecule has 0 radical (unpaired) electrons. The minimum Gasteiger partial charge on any atom is -0.458 e. The van der Waals surface area contributed by atoms with Crippen LogP contribution in [0.4, 0.5) is 0 Å². The molecule has 0 aliphatic carbocycles. The lowest BCUT2D eigenvalue weighted by atomic mass is 10.0. The van der Waals surface area contributed by atoms with E-state index >= 15 is 0 Å². The van der Waals surface area contributed by atoms with Crippen LogP contribution < -0.4 is 5.32 Å². The second-order valence-electron chi connectivity index (χ2n) is 16.5. The number of carbonyl (C=O) groups is 2. The highest BCUT2D eigenvalue weighted by atomic mass is 16.5. The molecule has 0 saturated carbocycles. The third-order valence-electron chi connectivity index (χ3n) is 10.9. The Balaban J connectivity index is 4.59. The van der Waals surface area contributed by atoms with Crippen molar-refractivity contribution in [1.29, 1.82) is 0 Å². The van der Waals surface area contributed by atoms with Gasteiger partial charge in [0.15, 0.2) is 0 Å². The number of nitrogens with one attached hydrogen (secondary N) is 1. The lowest BCUT2D eigenvalue weighted by molar-refractivity contribution is -0.148. The molecule has 0 fully saturated rings. The maximum absolute atomic E-state index is 13.1. The molecular weight excluding hydrogens is 695 g/mol. The van der Waals surface area contributed by atoms with Crippen LogP contribution >= 0.6 is 0 Å². The number of ether oxygens (including phenoxy) is 1. The molecule has 3 unspecified atom stereocenters. The highest BCUT2D eigenvalue weighted by Gasteiger charge is 2.23. The van der Waals surface area contributed by atoms with Crippen molar-refractivity contribution in [3.63, 3.8) is 0 Å². The predicted octanol–water partition coefficient (Wildman–Crippen LogP) is 14.1. The fourth-order valence-electron chi connectivity index (χ4n) is 7.20. The normalized spacial score (nSPS) is 13.6. The van der Waals surface area contributed by atoms with E-state index in [0.29, 0.717) is 12.8 Å². The molecule has 0 aromatic rings. The summed E-state index contributed by atoms with van der Waals surface area (Å²) < 4.78 is 5.80. The minimum atomic E-state index is -0.809. The van der Waals surface area contributed by atoms with E-state index in [1.54, 1.807) is 0 Å². The van der Waals surface area contributed by atoms with E-state index in [4.69, 9.17) is 4.74 Å². The van der Waals surface area contributed by atoms with Crippen LogP contribution in [0.2, 0.25) is 0 Å². The van der Waals surface area contributed by atoms with Gasteiger partial charge in [0.1, 0.15) is 6.10 Å². The summed E-state index contributed by atoms with van der Waals surface area (Å²) in [5, 5.41) is 23.6. The highest BCUT2D eigenvalue weighted by Crippen LogP contribution is 2.16. The molecule has 0 aromatic carbocycles. The van der Waals surface area contributed by atoms with Gasteiger partial charge in [-0.2, -0.15) is 0 Å². The summed E-state index contributed by atoms with van der Waals surface area (Å²) >= 11 is 0. The molecule has 0 aliphatic rings. The van der Waals surface area contributed by atoms with Gasteiger partial charge in [0, 0.05) is 6.42 Å². The SMILES string of the molecule is CCCC/C=C\CCCCCCCC(=O)OC(/C=C/C/C=C\CCCCCCCC)CC(=O)NC(CO)C(O)CCCCCCCCCCCCCCCCC. The number of hydrogen-bond donors (Lipinski definition) is 3. The molecular formula is C50H93NO5. The number of hydrogen-bond acceptors (Lipinski definition) is 5. The van der Waals surface area contributed by atoms with Gasteiger partial charge in [0.2, 0.25) is 5.91 Å². The molecule has 0 rings (SSSR count). The van der Waals surface area contributed by atoms with Crippen molar-refractivity contribution in [2.24, 2.45) is 0 Å². The number of unbranched alkanes of at least 4 members (excludes halogenated alkanes) is 27. The first-order valence-corrected chi connectivity index (χ1v) is 24.2. The molecule has 56 heavy (non-hydrogen) atoms. The molecule has 6 nitrogen and oxygen atoms in total. The highest BCUT2D eigenvalue weighted by molar-refractivity contribution is 5.78. The van der Waals surface area contributed by atoms with Crippen molar-refractivity contribution >= 4 is 11.9 Å². The van der Waals surface area contributed by atoms with Gasteiger partial charge in [-0.3, -0.25) is 9.59 Å². The van der Waals surface area contributed by atoms with Crippen molar-refractivity contribution < 1.29 is 24.5 Å². The Morgan fingerprint density at radius 2 is 0.964 bits per heavy atom. The van der Waals surface area contributed by atoms with Gasteiger partial charge < -0.3 is 20.3 Å². The van der Waals surface area contributed by atoms with Gasteiger partial charge in [0.25, 0.3) is 0 Å². The molecule has 0 spiro atoms. The summed E-state index contributed by atoms with van der Waals surface area (Å²) in [5.41, 5.74) is 0. The monoisotopic (exact) mass is 788 g/mol. The lowest BCUT2D eigenvalue weighted by Crippen LogP contribution is -2.46. The quantitative estimate of drug-likeness (QED) is 0.0325. The number of aliphatic hydroxyl groups excluding tert-OH is 2. The first-order chi connectivity index (χ1) is 27.5. The molecule has 0 aliphatic heterocycles. The van der Waals surface area contributed by atoms with Gasteiger partial charge >= 0.3 is 5.97 Å². The summed E-state index contributed by atoms with van der Waals surface area (Å²) in [5.74, 6) is -0.610. The number of esters is 1. The zero-order chi connectivity index (χ0) is 41.0. The van der Waals surface area contributed by atoms with Gasteiger partial charge in [-0.1, -0.05) is 212 Å². The van der Waals surface area contributed by atoms with Crippen LogP contribution in [0.3, 0.4) is 0 Å². The van der Waals surface area contributed by atoms with Gasteiger partial charge in [0.05, 0.1) is 25.2 Å². The molecule has 3 N–H and O–H groups in total. The van der Waals surface area contributed by atoms with Gasteiger partial charge in [-0.25, -0.2) is 0 Å². The lowest BCUT2D eigenvalue weighted by Gasteiger charge is -2.23. The number of carbonyl (C=O) groups excluding carboxylic acids is 2. The van der Waals surface area contributed by atoms with Crippen LogP contribution in [0.15, 0.2) is 36.5 Å². The average molecular weight is 788 g/mol. The van der Waals surface area contributed by atoms with Crippen LogP contribution in [0.5, 0.6) is 0 Å². The maximum Gasteiger partial charge on any atom is 0.306 e. The number of allylic oxidation sites excluding steroid dienone is 5. The van der Waals surface area contributed by atoms with Crippen LogP contribution in [0.1, 0.15) is 245 Å². The summed E-state index contributed by atoms with van der Waals surface area (Å²) in [6.07, 6.45) is 50.9. The second kappa shape index (κ2) is 44.2. The van der Waals surface area contributed by atoms with Crippen molar-refractivity contribution in [2.75, 3.05) is 6.61 Å². The molecule has 0 heterocycles. The topological polar surface area (TPSA) is 95.9 Å². The minimum absolute atomic E-state index is 0.0301. The summed E-state index contributed by atoms with van der Waals surface area (Å²) in [6, 6.07) is -0.730. The van der Waals surface area contributed by atoms with Crippen molar-refractivity contribution in [2.45, 2.75) is 264 Å². The third-order valence-corrected chi connectivity index (χ3v) is 10.9. The summed E-state index contributed by atoms with van der Waals surface area (Å²) in [7, 11) is 0. The standard InChI is InChI=1S/C50H93NO5/c1-4-7-10-13-16-19-22-23-24-25-28-30-33-36-39-42-48(53)47(45-52)51-49(54)44-46(41-38-35-32-29-26-20-17-14-11-8-5-2)56-50(55)43-40-37-34-31-27-21-18-15-12-9-6-3/h15,18,29,32,38,41,46-48,52-53H,4-14,16-17,19-28,30-31,33-37,39-40,42-45H2,1-3H3,(H,51,54)/b18-15-,32-29-,41-38+. The maximum atomic E-state index is 13.1. The molecule has 0 aromatic heterocycles. The van der Waals surface area contributed by atoms with E-state index in [2.05, 4.69) is 50.4 Å². The Morgan fingerprint density at radius 3 is 1.46 bits per heavy atom. The Labute approximate surface area is 347 Å². The van der Waals surface area contributed by atoms with Crippen LogP contribution in [0, 0.1) is 0 Å². The Kier molecular flexibility index (Phi) is 42.7. The number of amides is 1. The molecule has 0 bridgehead atoms. The number of rotatable bonds is 43. The molecule has 3 atom stereocenters. The Bertz CT molecular complexity index is 930. The first kappa shape index (κ1) is 54.1. The molecule has 328 valence electrons. The number of aliphatic hydroxyl groups is 2. The second-order valence-corrected chi connectivity index (χ2v) is 16.5. The van der Waals surface area contributed by atoms with Crippen LogP contribution in [-0.2, 0) is 14.3 Å². The van der Waals surface area contributed by atoms with E-state index in [1.807, 2.05) is 12.2 Å². The molecule has 6 heteroatoms. The third kappa shape index (κ3) is 38.9. The largest absolute Gasteiger partial charge is 0.458 e. The van der Waals surface area contributed by atoms with E-state index < -0.39 is 18.2 Å². The van der Waals surface area contributed by atoms with E-state index in [9.17, 15) is 19.8 Å². The fraction of sp³-hybridized carbons (Fsp3) is 0.840. The van der Waals surface area contributed by atoms with Crippen molar-refractivity contribution in [1.82, 2.24) is 5.32 Å². The smallest absolute Gasteiger partial charge is 0.306 e. The molecule has 1 amide bonds. The predicted molar refractivity (Wildman–Crippen MR) is 241 cm³/mol. The average Bonchev–Trinajstić information content (AvgIpc) is 3.19. The van der Waals surface area contributed by atoms with E-state index in [1.165, 1.54) is 148 Å². The summed E-state index contributed by atoms with van der Waals surface area (Å²) in [4.78, 5) is 25.9. The van der Waals surface area contributed by atoms with Gasteiger partial charge in [-0.05, 0) is 57.4 Å². The molecule has 0 saturated heterocycles.